The third-order valence-electron chi connectivity index (χ3n) is 5.69. The zero-order chi connectivity index (χ0) is 20.7. The number of hydrogen-bond donors (Lipinski definition) is 1. The number of pyridine rings is 2. The van der Waals surface area contributed by atoms with E-state index in [2.05, 4.69) is 22.2 Å². The largest absolute Gasteiger partial charge is 0.454 e. The highest BCUT2D eigenvalue weighted by Crippen LogP contribution is 2.37. The number of nitrogens with zero attached hydrogens (tertiary/aromatic N) is 3. The molecule has 1 atom stereocenters. The van der Waals surface area contributed by atoms with Gasteiger partial charge in [-0.1, -0.05) is 6.92 Å². The predicted octanol–water partition coefficient (Wildman–Crippen LogP) is 4.70. The molecule has 0 saturated carbocycles. The molecule has 0 spiro atoms. The van der Waals surface area contributed by atoms with Gasteiger partial charge in [-0.2, -0.15) is 0 Å². The Balaban J connectivity index is 0.00000231. The van der Waals surface area contributed by atoms with E-state index >= 15 is 0 Å². The SMILES string of the molecule is Cc1ccc2c(Nc3ccc4c(c3)OCO4)c(C(=O)N3CCCC(C)C3)cnc2n1.Cl. The van der Waals surface area contributed by atoms with Crippen molar-refractivity contribution in [2.24, 2.45) is 5.92 Å². The highest BCUT2D eigenvalue weighted by atomic mass is 35.5. The molecule has 3 aromatic rings. The highest BCUT2D eigenvalue weighted by Gasteiger charge is 2.26. The van der Waals surface area contributed by atoms with E-state index in [9.17, 15) is 4.79 Å². The summed E-state index contributed by atoms with van der Waals surface area (Å²) >= 11 is 0. The Morgan fingerprint density at radius 1 is 1.19 bits per heavy atom. The molecule has 2 aliphatic heterocycles. The number of carbonyl (C=O) groups excluding carboxylic acids is 1. The van der Waals surface area contributed by atoms with Crippen LogP contribution >= 0.6 is 12.4 Å². The van der Waals surface area contributed by atoms with Gasteiger partial charge in [0.15, 0.2) is 17.1 Å². The van der Waals surface area contributed by atoms with Crippen LogP contribution in [0.1, 0.15) is 35.8 Å². The lowest BCUT2D eigenvalue weighted by Crippen LogP contribution is -2.39. The Hall–Kier alpha value is -3.06. The zero-order valence-corrected chi connectivity index (χ0v) is 18.4. The summed E-state index contributed by atoms with van der Waals surface area (Å²) in [5, 5.41) is 4.25. The number of piperidine rings is 1. The number of ether oxygens (including phenoxy) is 2. The second kappa shape index (κ2) is 8.59. The average molecular weight is 441 g/mol. The minimum absolute atomic E-state index is 0. The fourth-order valence-electron chi connectivity index (χ4n) is 4.13. The Morgan fingerprint density at radius 3 is 2.87 bits per heavy atom. The molecule has 1 aromatic carbocycles. The smallest absolute Gasteiger partial charge is 0.257 e. The number of aryl methyl sites for hydroxylation is 1. The molecule has 0 aliphatic carbocycles. The summed E-state index contributed by atoms with van der Waals surface area (Å²) in [6.07, 6.45) is 3.83. The van der Waals surface area contributed by atoms with Crippen LogP contribution in [0.4, 0.5) is 11.4 Å². The van der Waals surface area contributed by atoms with Crippen molar-refractivity contribution in [2.75, 3.05) is 25.2 Å². The molecule has 1 N–H and O–H groups in total. The zero-order valence-electron chi connectivity index (χ0n) is 17.6. The molecule has 1 saturated heterocycles. The van der Waals surface area contributed by atoms with Crippen molar-refractivity contribution in [1.82, 2.24) is 14.9 Å². The van der Waals surface area contributed by atoms with Gasteiger partial charge in [0.2, 0.25) is 6.79 Å². The summed E-state index contributed by atoms with van der Waals surface area (Å²) in [7, 11) is 0. The first-order valence-electron chi connectivity index (χ1n) is 10.3. The van der Waals surface area contributed by atoms with Crippen molar-refractivity contribution in [3.8, 4) is 11.5 Å². The molecular formula is C23H25ClN4O3. The van der Waals surface area contributed by atoms with Crippen molar-refractivity contribution in [3.63, 3.8) is 0 Å². The maximum absolute atomic E-state index is 13.4. The molecule has 4 heterocycles. The first-order valence-corrected chi connectivity index (χ1v) is 10.3. The van der Waals surface area contributed by atoms with Gasteiger partial charge >= 0.3 is 0 Å². The van der Waals surface area contributed by atoms with Crippen LogP contribution in [0.2, 0.25) is 0 Å². The number of hydrogen-bond acceptors (Lipinski definition) is 6. The van der Waals surface area contributed by atoms with Crippen molar-refractivity contribution < 1.29 is 14.3 Å². The molecular weight excluding hydrogens is 416 g/mol. The lowest BCUT2D eigenvalue weighted by molar-refractivity contribution is 0.0684. The Kier molecular flexibility index (Phi) is 5.87. The Bertz CT molecular complexity index is 1140. The van der Waals surface area contributed by atoms with Crippen LogP contribution in [0, 0.1) is 12.8 Å². The van der Waals surface area contributed by atoms with Gasteiger partial charge in [0, 0.05) is 42.1 Å². The number of aromatic nitrogens is 2. The van der Waals surface area contributed by atoms with Gasteiger partial charge in [-0.25, -0.2) is 9.97 Å². The van der Waals surface area contributed by atoms with Crippen molar-refractivity contribution in [2.45, 2.75) is 26.7 Å². The number of carbonyl (C=O) groups is 1. The molecule has 5 rings (SSSR count). The molecule has 1 unspecified atom stereocenters. The molecule has 7 nitrogen and oxygen atoms in total. The van der Waals surface area contributed by atoms with Crippen LogP contribution in [-0.4, -0.2) is 40.7 Å². The second-order valence-corrected chi connectivity index (χ2v) is 8.06. The minimum Gasteiger partial charge on any atom is -0.454 e. The Labute approximate surface area is 187 Å². The molecule has 1 amide bonds. The number of amides is 1. The van der Waals surface area contributed by atoms with E-state index in [1.54, 1.807) is 6.20 Å². The predicted molar refractivity (Wildman–Crippen MR) is 122 cm³/mol. The third-order valence-corrected chi connectivity index (χ3v) is 5.69. The number of rotatable bonds is 3. The lowest BCUT2D eigenvalue weighted by Gasteiger charge is -2.31. The van der Waals surface area contributed by atoms with Crippen LogP contribution in [0.5, 0.6) is 11.5 Å². The number of nitrogens with one attached hydrogen (secondary N) is 1. The monoisotopic (exact) mass is 440 g/mol. The number of halogens is 1. The number of benzene rings is 1. The molecule has 162 valence electrons. The summed E-state index contributed by atoms with van der Waals surface area (Å²) in [6.45, 7) is 5.89. The fourth-order valence-corrected chi connectivity index (χ4v) is 4.13. The van der Waals surface area contributed by atoms with E-state index in [0.717, 1.165) is 54.1 Å². The van der Waals surface area contributed by atoms with Crippen molar-refractivity contribution >= 4 is 40.7 Å². The van der Waals surface area contributed by atoms with Crippen molar-refractivity contribution in [1.29, 1.82) is 0 Å². The molecule has 8 heteroatoms. The lowest BCUT2D eigenvalue weighted by atomic mass is 9.99. The van der Waals surface area contributed by atoms with E-state index < -0.39 is 0 Å². The van der Waals surface area contributed by atoms with Crippen LogP contribution in [0.25, 0.3) is 11.0 Å². The molecule has 31 heavy (non-hydrogen) atoms. The molecule has 2 aromatic heterocycles. The molecule has 0 radical (unpaired) electrons. The standard InChI is InChI=1S/C23H24N4O3.ClH/c1-14-4-3-9-27(12-14)23(28)18-11-24-22-17(7-5-15(2)25-22)21(18)26-16-6-8-19-20(10-16)30-13-29-19;/h5-8,10-11,14H,3-4,9,12-13H2,1-2H3,(H,24,25,26);1H. The van der Waals surface area contributed by atoms with Gasteiger partial charge in [-0.3, -0.25) is 4.79 Å². The topological polar surface area (TPSA) is 76.6 Å². The quantitative estimate of drug-likeness (QED) is 0.635. The van der Waals surface area contributed by atoms with E-state index in [1.165, 1.54) is 0 Å². The van der Waals surface area contributed by atoms with E-state index in [-0.39, 0.29) is 25.1 Å². The molecule has 2 aliphatic rings. The van der Waals surface area contributed by atoms with Crippen LogP contribution in [0.3, 0.4) is 0 Å². The summed E-state index contributed by atoms with van der Waals surface area (Å²) in [4.78, 5) is 24.4. The van der Waals surface area contributed by atoms with Crippen LogP contribution in [0.15, 0.2) is 36.5 Å². The van der Waals surface area contributed by atoms with Crippen LogP contribution < -0.4 is 14.8 Å². The van der Waals surface area contributed by atoms with E-state index in [0.29, 0.717) is 22.9 Å². The summed E-state index contributed by atoms with van der Waals surface area (Å²) < 4.78 is 10.9. The number of anilines is 2. The second-order valence-electron chi connectivity index (χ2n) is 8.06. The first kappa shape index (κ1) is 21.2. The van der Waals surface area contributed by atoms with Gasteiger partial charge < -0.3 is 19.7 Å². The number of likely N-dealkylation sites (tertiary alicyclic amines) is 1. The summed E-state index contributed by atoms with van der Waals surface area (Å²) in [5.74, 6) is 1.91. The van der Waals surface area contributed by atoms with Gasteiger partial charge in [-0.05, 0) is 49.9 Å². The molecule has 0 bridgehead atoms. The summed E-state index contributed by atoms with van der Waals surface area (Å²) in [5.41, 5.74) is 3.58. The van der Waals surface area contributed by atoms with E-state index in [4.69, 9.17) is 9.47 Å². The van der Waals surface area contributed by atoms with Gasteiger partial charge in [0.25, 0.3) is 5.91 Å². The normalized spacial score (nSPS) is 17.4. The summed E-state index contributed by atoms with van der Waals surface area (Å²) in [6, 6.07) is 9.57. The van der Waals surface area contributed by atoms with Crippen molar-refractivity contribution in [3.05, 3.63) is 47.8 Å². The third kappa shape index (κ3) is 4.10. The van der Waals surface area contributed by atoms with Gasteiger partial charge in [0.05, 0.1) is 11.3 Å². The first-order chi connectivity index (χ1) is 14.6. The van der Waals surface area contributed by atoms with Crippen LogP contribution in [-0.2, 0) is 0 Å². The highest BCUT2D eigenvalue weighted by molar-refractivity contribution is 6.07. The van der Waals surface area contributed by atoms with E-state index in [1.807, 2.05) is 42.2 Å². The maximum Gasteiger partial charge on any atom is 0.257 e. The fraction of sp³-hybridized carbons (Fsp3) is 0.348. The van der Waals surface area contributed by atoms with Gasteiger partial charge in [-0.15, -0.1) is 12.4 Å². The Morgan fingerprint density at radius 2 is 2.03 bits per heavy atom. The molecule has 1 fully saturated rings. The minimum atomic E-state index is -0.000215. The maximum atomic E-state index is 13.4. The van der Waals surface area contributed by atoms with Gasteiger partial charge in [0.1, 0.15) is 0 Å². The number of fused-ring (bicyclic) bond motifs is 2. The average Bonchev–Trinajstić information content (AvgIpc) is 3.21.